The number of para-hydroxylation sites is 1. The number of anilines is 1. The van der Waals surface area contributed by atoms with Crippen LogP contribution in [0.2, 0.25) is 0 Å². The van der Waals surface area contributed by atoms with E-state index in [1.54, 1.807) is 0 Å². The number of hydrogen-bond acceptors (Lipinski definition) is 4. The zero-order chi connectivity index (χ0) is 15.1. The van der Waals surface area contributed by atoms with E-state index in [0.29, 0.717) is 6.54 Å². The van der Waals surface area contributed by atoms with Crippen molar-refractivity contribution in [1.29, 1.82) is 0 Å². The van der Waals surface area contributed by atoms with Gasteiger partial charge in [-0.2, -0.15) is 0 Å². The van der Waals surface area contributed by atoms with Gasteiger partial charge in [0.05, 0.1) is 19.3 Å². The minimum atomic E-state index is -0.412. The molecular weight excluding hydrogens is 302 g/mol. The van der Waals surface area contributed by atoms with Crippen LogP contribution in [0.5, 0.6) is 0 Å². The molecule has 1 heterocycles. The number of benzene rings is 1. The molecule has 1 saturated heterocycles. The lowest BCUT2D eigenvalue weighted by molar-refractivity contribution is -0.122. The maximum Gasteiger partial charge on any atom is 0.237 e. The number of amides is 1. The van der Waals surface area contributed by atoms with Gasteiger partial charge in [0, 0.05) is 25.3 Å². The SMILES string of the molecule is CCCC(N)C(=O)NCc1ccccc1N1CCOCC1.Cl. The maximum absolute atomic E-state index is 11.9. The molecule has 1 aliphatic heterocycles. The van der Waals surface area contributed by atoms with E-state index in [1.807, 2.05) is 19.1 Å². The number of halogens is 1. The summed E-state index contributed by atoms with van der Waals surface area (Å²) in [4.78, 5) is 14.2. The third-order valence-electron chi connectivity index (χ3n) is 3.73. The van der Waals surface area contributed by atoms with E-state index in [1.165, 1.54) is 5.69 Å². The Kier molecular flexibility index (Phi) is 8.24. The molecule has 5 nitrogen and oxygen atoms in total. The first kappa shape index (κ1) is 18.7. The van der Waals surface area contributed by atoms with Crippen LogP contribution >= 0.6 is 12.4 Å². The molecule has 124 valence electrons. The summed E-state index contributed by atoms with van der Waals surface area (Å²) in [6.07, 6.45) is 1.63. The minimum absolute atomic E-state index is 0. The van der Waals surface area contributed by atoms with Crippen LogP contribution in [0.25, 0.3) is 0 Å². The molecule has 1 aromatic carbocycles. The van der Waals surface area contributed by atoms with Gasteiger partial charge in [0.1, 0.15) is 0 Å². The zero-order valence-electron chi connectivity index (χ0n) is 13.1. The lowest BCUT2D eigenvalue weighted by Gasteiger charge is -2.30. The standard InChI is InChI=1S/C16H25N3O2.ClH/c1-2-5-14(17)16(20)18-12-13-6-3-4-7-15(13)19-8-10-21-11-9-19;/h3-4,6-7,14H,2,5,8-12,17H2,1H3,(H,18,20);1H. The van der Waals surface area contributed by atoms with E-state index >= 15 is 0 Å². The molecule has 3 N–H and O–H groups in total. The number of morpholine rings is 1. The van der Waals surface area contributed by atoms with Crippen molar-refractivity contribution >= 4 is 24.0 Å². The number of carbonyl (C=O) groups is 1. The number of nitrogens with one attached hydrogen (secondary N) is 1. The summed E-state index contributed by atoms with van der Waals surface area (Å²) in [7, 11) is 0. The van der Waals surface area contributed by atoms with Crippen LogP contribution in [0.1, 0.15) is 25.3 Å². The molecule has 2 rings (SSSR count). The number of carbonyl (C=O) groups excluding carboxylic acids is 1. The second-order valence-corrected chi connectivity index (χ2v) is 5.34. The van der Waals surface area contributed by atoms with Gasteiger partial charge in [-0.25, -0.2) is 0 Å². The highest BCUT2D eigenvalue weighted by molar-refractivity contribution is 5.85. The molecular formula is C16H26ClN3O2. The highest BCUT2D eigenvalue weighted by atomic mass is 35.5. The number of hydrogen-bond donors (Lipinski definition) is 2. The van der Waals surface area contributed by atoms with E-state index in [2.05, 4.69) is 22.3 Å². The van der Waals surface area contributed by atoms with Crippen LogP contribution < -0.4 is 16.0 Å². The van der Waals surface area contributed by atoms with Gasteiger partial charge in [-0.05, 0) is 18.1 Å². The average Bonchev–Trinajstić information content (AvgIpc) is 2.54. The molecule has 1 atom stereocenters. The first-order valence-electron chi connectivity index (χ1n) is 7.66. The second-order valence-electron chi connectivity index (χ2n) is 5.34. The lowest BCUT2D eigenvalue weighted by Crippen LogP contribution is -2.41. The molecule has 0 bridgehead atoms. The summed E-state index contributed by atoms with van der Waals surface area (Å²) in [5.41, 5.74) is 8.13. The first-order valence-corrected chi connectivity index (χ1v) is 7.66. The first-order chi connectivity index (χ1) is 10.2. The summed E-state index contributed by atoms with van der Waals surface area (Å²) in [5, 5.41) is 2.94. The van der Waals surface area contributed by atoms with Crippen LogP contribution in [0, 0.1) is 0 Å². The Morgan fingerprint density at radius 1 is 1.36 bits per heavy atom. The van der Waals surface area contributed by atoms with E-state index < -0.39 is 6.04 Å². The molecule has 0 aliphatic carbocycles. The summed E-state index contributed by atoms with van der Waals surface area (Å²) in [6, 6.07) is 7.76. The normalized spacial score (nSPS) is 15.8. The van der Waals surface area contributed by atoms with Gasteiger partial charge in [-0.15, -0.1) is 12.4 Å². The number of nitrogens with two attached hydrogens (primary N) is 1. The Labute approximate surface area is 138 Å². The average molecular weight is 328 g/mol. The molecule has 1 unspecified atom stereocenters. The second kappa shape index (κ2) is 9.66. The summed E-state index contributed by atoms with van der Waals surface area (Å²) >= 11 is 0. The van der Waals surface area contributed by atoms with Gasteiger partial charge in [0.25, 0.3) is 0 Å². The Morgan fingerprint density at radius 2 is 2.05 bits per heavy atom. The van der Waals surface area contributed by atoms with Crippen molar-refractivity contribution in [3.63, 3.8) is 0 Å². The highest BCUT2D eigenvalue weighted by Gasteiger charge is 2.16. The molecule has 1 aliphatic rings. The predicted octanol–water partition coefficient (Wildman–Crippen LogP) is 1.69. The van der Waals surface area contributed by atoms with Crippen LogP contribution in [0.4, 0.5) is 5.69 Å². The van der Waals surface area contributed by atoms with Crippen molar-refractivity contribution in [3.8, 4) is 0 Å². The molecule has 22 heavy (non-hydrogen) atoms. The Morgan fingerprint density at radius 3 is 2.73 bits per heavy atom. The Bertz CT molecular complexity index is 464. The van der Waals surface area contributed by atoms with Crippen molar-refractivity contribution in [1.82, 2.24) is 5.32 Å². The predicted molar refractivity (Wildman–Crippen MR) is 91.5 cm³/mol. The number of nitrogens with zero attached hydrogens (tertiary/aromatic N) is 1. The van der Waals surface area contributed by atoms with E-state index in [9.17, 15) is 4.79 Å². The van der Waals surface area contributed by atoms with Gasteiger partial charge in [-0.1, -0.05) is 31.5 Å². The van der Waals surface area contributed by atoms with Gasteiger partial charge in [0.2, 0.25) is 5.91 Å². The lowest BCUT2D eigenvalue weighted by atomic mass is 10.1. The largest absolute Gasteiger partial charge is 0.378 e. The molecule has 1 amide bonds. The number of rotatable bonds is 6. The number of ether oxygens (including phenoxy) is 1. The van der Waals surface area contributed by atoms with E-state index in [0.717, 1.165) is 44.7 Å². The van der Waals surface area contributed by atoms with E-state index in [4.69, 9.17) is 10.5 Å². The monoisotopic (exact) mass is 327 g/mol. The summed E-state index contributed by atoms with van der Waals surface area (Å²) in [5.74, 6) is -0.0753. The van der Waals surface area contributed by atoms with Crippen molar-refractivity contribution in [2.75, 3.05) is 31.2 Å². The van der Waals surface area contributed by atoms with Gasteiger partial charge >= 0.3 is 0 Å². The molecule has 0 aromatic heterocycles. The topological polar surface area (TPSA) is 67.6 Å². The molecule has 1 fully saturated rings. The maximum atomic E-state index is 11.9. The Balaban J connectivity index is 0.00000242. The molecule has 6 heteroatoms. The van der Waals surface area contributed by atoms with Gasteiger partial charge in [0.15, 0.2) is 0 Å². The zero-order valence-corrected chi connectivity index (χ0v) is 13.9. The van der Waals surface area contributed by atoms with Crippen LogP contribution in [-0.4, -0.2) is 38.3 Å². The summed E-state index contributed by atoms with van der Waals surface area (Å²) < 4.78 is 5.39. The fraction of sp³-hybridized carbons (Fsp3) is 0.562. The highest BCUT2D eigenvalue weighted by Crippen LogP contribution is 2.21. The molecule has 0 spiro atoms. The van der Waals surface area contributed by atoms with Gasteiger partial charge in [-0.3, -0.25) is 4.79 Å². The quantitative estimate of drug-likeness (QED) is 0.834. The van der Waals surface area contributed by atoms with Crippen LogP contribution in [0.3, 0.4) is 0 Å². The van der Waals surface area contributed by atoms with Crippen molar-refractivity contribution in [2.24, 2.45) is 5.73 Å². The summed E-state index contributed by atoms with van der Waals surface area (Å²) in [6.45, 7) is 5.83. The third-order valence-corrected chi connectivity index (χ3v) is 3.73. The van der Waals surface area contributed by atoms with E-state index in [-0.39, 0.29) is 18.3 Å². The fourth-order valence-electron chi connectivity index (χ4n) is 2.53. The van der Waals surface area contributed by atoms with Crippen LogP contribution in [0.15, 0.2) is 24.3 Å². The molecule has 1 aromatic rings. The minimum Gasteiger partial charge on any atom is -0.378 e. The molecule has 0 saturated carbocycles. The smallest absolute Gasteiger partial charge is 0.237 e. The van der Waals surface area contributed by atoms with Crippen molar-refractivity contribution in [2.45, 2.75) is 32.4 Å². The van der Waals surface area contributed by atoms with Gasteiger partial charge < -0.3 is 20.7 Å². The van der Waals surface area contributed by atoms with Crippen LogP contribution in [-0.2, 0) is 16.1 Å². The fourth-order valence-corrected chi connectivity index (χ4v) is 2.53. The third kappa shape index (κ3) is 5.16. The van der Waals surface area contributed by atoms with Crippen molar-refractivity contribution < 1.29 is 9.53 Å². The van der Waals surface area contributed by atoms with Crippen molar-refractivity contribution in [3.05, 3.63) is 29.8 Å². The molecule has 0 radical (unpaired) electrons. The Hall–Kier alpha value is -1.30.